The topological polar surface area (TPSA) is 29.3 Å². The fourth-order valence-electron chi connectivity index (χ4n) is 1.94. The monoisotopic (exact) mass is 266 g/mol. The maximum atomic E-state index is 5.66. The van der Waals surface area contributed by atoms with E-state index in [9.17, 15) is 0 Å². The highest BCUT2D eigenvalue weighted by molar-refractivity contribution is 7.98. The Balaban J connectivity index is 2.48. The Hall–Kier alpha value is -0.510. The summed E-state index contributed by atoms with van der Waals surface area (Å²) in [4.78, 5) is 3.73. The number of nitrogens with zero attached hydrogens (tertiary/aromatic N) is 1. The van der Waals surface area contributed by atoms with Gasteiger partial charge in [0, 0.05) is 17.0 Å². The highest BCUT2D eigenvalue weighted by Gasteiger charge is 2.21. The standard InChI is InChI=1S/C15H26N2S/c1-15(2,10-11-16)17(3)12-9-13-5-7-14(18-4)8-6-13/h5-8H,9-12,16H2,1-4H3. The number of hydrogen-bond donors (Lipinski definition) is 1. The summed E-state index contributed by atoms with van der Waals surface area (Å²) in [6.45, 7) is 6.35. The lowest BCUT2D eigenvalue weighted by Gasteiger charge is -2.35. The van der Waals surface area contributed by atoms with Gasteiger partial charge in [-0.05, 0) is 64.2 Å². The average molecular weight is 266 g/mol. The molecular weight excluding hydrogens is 240 g/mol. The number of nitrogens with two attached hydrogens (primary N) is 1. The third kappa shape index (κ3) is 4.63. The van der Waals surface area contributed by atoms with Crippen molar-refractivity contribution in [3.8, 4) is 0 Å². The molecule has 0 heterocycles. The van der Waals surface area contributed by atoms with E-state index in [1.165, 1.54) is 10.5 Å². The summed E-state index contributed by atoms with van der Waals surface area (Å²) in [6.07, 6.45) is 4.24. The van der Waals surface area contributed by atoms with Gasteiger partial charge in [0.2, 0.25) is 0 Å². The van der Waals surface area contributed by atoms with Gasteiger partial charge in [-0.3, -0.25) is 0 Å². The minimum atomic E-state index is 0.188. The summed E-state index contributed by atoms with van der Waals surface area (Å²) in [5.74, 6) is 0. The zero-order valence-electron chi connectivity index (χ0n) is 12.1. The zero-order chi connectivity index (χ0) is 13.6. The van der Waals surface area contributed by atoms with Gasteiger partial charge in [0.25, 0.3) is 0 Å². The van der Waals surface area contributed by atoms with Crippen LogP contribution in [-0.4, -0.2) is 36.8 Å². The van der Waals surface area contributed by atoms with Crippen molar-refractivity contribution in [3.63, 3.8) is 0 Å². The van der Waals surface area contributed by atoms with Crippen LogP contribution in [0.1, 0.15) is 25.8 Å². The van der Waals surface area contributed by atoms with E-state index in [0.29, 0.717) is 0 Å². The van der Waals surface area contributed by atoms with E-state index >= 15 is 0 Å². The molecular formula is C15H26N2S. The quantitative estimate of drug-likeness (QED) is 0.769. The van der Waals surface area contributed by atoms with E-state index in [0.717, 1.165) is 25.9 Å². The maximum Gasteiger partial charge on any atom is 0.0162 e. The molecule has 0 radical (unpaired) electrons. The lowest BCUT2D eigenvalue weighted by Crippen LogP contribution is -2.43. The molecule has 1 aromatic carbocycles. The molecule has 0 fully saturated rings. The Morgan fingerprint density at radius 1 is 1.22 bits per heavy atom. The molecule has 0 unspecified atom stereocenters. The van der Waals surface area contributed by atoms with Crippen LogP contribution < -0.4 is 5.73 Å². The molecule has 0 aliphatic rings. The molecule has 18 heavy (non-hydrogen) atoms. The first-order chi connectivity index (χ1) is 8.49. The van der Waals surface area contributed by atoms with E-state index in [1.54, 1.807) is 11.8 Å². The van der Waals surface area contributed by atoms with Gasteiger partial charge < -0.3 is 10.6 Å². The second-order valence-electron chi connectivity index (χ2n) is 5.37. The molecule has 102 valence electrons. The molecule has 0 bridgehead atoms. The summed E-state index contributed by atoms with van der Waals surface area (Å²) >= 11 is 1.79. The Morgan fingerprint density at radius 2 is 1.83 bits per heavy atom. The lowest BCUT2D eigenvalue weighted by atomic mass is 9.98. The number of hydrogen-bond acceptors (Lipinski definition) is 3. The van der Waals surface area contributed by atoms with E-state index in [2.05, 4.69) is 56.3 Å². The largest absolute Gasteiger partial charge is 0.330 e. The predicted octanol–water partition coefficient (Wildman–Crippen LogP) is 3.01. The van der Waals surface area contributed by atoms with E-state index in [4.69, 9.17) is 5.73 Å². The molecule has 0 saturated carbocycles. The molecule has 0 aromatic heterocycles. The first-order valence-electron chi connectivity index (χ1n) is 6.54. The fraction of sp³-hybridized carbons (Fsp3) is 0.600. The molecule has 0 aliphatic carbocycles. The molecule has 1 rings (SSSR count). The smallest absolute Gasteiger partial charge is 0.0162 e. The Labute approximate surface area is 116 Å². The summed E-state index contributed by atoms with van der Waals surface area (Å²) in [5, 5.41) is 0. The maximum absolute atomic E-state index is 5.66. The molecule has 0 spiro atoms. The normalized spacial score (nSPS) is 12.1. The van der Waals surface area contributed by atoms with Gasteiger partial charge >= 0.3 is 0 Å². The average Bonchev–Trinajstić information content (AvgIpc) is 2.36. The first kappa shape index (κ1) is 15.5. The van der Waals surface area contributed by atoms with Crippen LogP contribution in [0.5, 0.6) is 0 Å². The molecule has 0 saturated heterocycles. The van der Waals surface area contributed by atoms with Crippen molar-refractivity contribution in [3.05, 3.63) is 29.8 Å². The zero-order valence-corrected chi connectivity index (χ0v) is 12.9. The number of thioether (sulfide) groups is 1. The van der Waals surface area contributed by atoms with E-state index in [1.807, 2.05) is 0 Å². The summed E-state index contributed by atoms with van der Waals surface area (Å²) < 4.78 is 0. The van der Waals surface area contributed by atoms with Crippen molar-refractivity contribution in [2.24, 2.45) is 5.73 Å². The van der Waals surface area contributed by atoms with Gasteiger partial charge in [0.05, 0.1) is 0 Å². The van der Waals surface area contributed by atoms with Crippen LogP contribution in [-0.2, 0) is 6.42 Å². The van der Waals surface area contributed by atoms with Crippen molar-refractivity contribution in [2.75, 3.05) is 26.4 Å². The van der Waals surface area contributed by atoms with Gasteiger partial charge in [-0.25, -0.2) is 0 Å². The van der Waals surface area contributed by atoms with Crippen LogP contribution in [0.3, 0.4) is 0 Å². The molecule has 2 N–H and O–H groups in total. The van der Waals surface area contributed by atoms with Crippen LogP contribution in [0.15, 0.2) is 29.2 Å². The van der Waals surface area contributed by atoms with Gasteiger partial charge in [-0.15, -0.1) is 11.8 Å². The van der Waals surface area contributed by atoms with Gasteiger partial charge in [-0.1, -0.05) is 12.1 Å². The fourth-order valence-corrected chi connectivity index (χ4v) is 2.34. The highest BCUT2D eigenvalue weighted by atomic mass is 32.2. The van der Waals surface area contributed by atoms with E-state index in [-0.39, 0.29) is 5.54 Å². The van der Waals surface area contributed by atoms with Crippen LogP contribution >= 0.6 is 11.8 Å². The molecule has 0 aliphatic heterocycles. The van der Waals surface area contributed by atoms with Crippen LogP contribution in [0.25, 0.3) is 0 Å². The second kappa shape index (κ2) is 7.17. The summed E-state index contributed by atoms with van der Waals surface area (Å²) in [7, 11) is 2.19. The second-order valence-corrected chi connectivity index (χ2v) is 6.25. The molecule has 1 aromatic rings. The lowest BCUT2D eigenvalue weighted by molar-refractivity contribution is 0.150. The number of rotatable bonds is 7. The minimum absolute atomic E-state index is 0.188. The molecule has 0 atom stereocenters. The van der Waals surface area contributed by atoms with Crippen molar-refractivity contribution < 1.29 is 0 Å². The van der Waals surface area contributed by atoms with Gasteiger partial charge in [-0.2, -0.15) is 0 Å². The predicted molar refractivity (Wildman–Crippen MR) is 82.3 cm³/mol. The summed E-state index contributed by atoms with van der Waals surface area (Å²) in [5.41, 5.74) is 7.26. The third-order valence-electron chi connectivity index (χ3n) is 3.68. The van der Waals surface area contributed by atoms with Crippen LogP contribution in [0.4, 0.5) is 0 Å². The Morgan fingerprint density at radius 3 is 2.33 bits per heavy atom. The third-order valence-corrected chi connectivity index (χ3v) is 4.43. The Kier molecular flexibility index (Phi) is 6.19. The van der Waals surface area contributed by atoms with Gasteiger partial charge in [0.1, 0.15) is 0 Å². The SMILES string of the molecule is CSc1ccc(CCN(C)C(C)(C)CCN)cc1. The summed E-state index contributed by atoms with van der Waals surface area (Å²) in [6, 6.07) is 8.86. The van der Waals surface area contributed by atoms with Crippen molar-refractivity contribution in [2.45, 2.75) is 37.1 Å². The van der Waals surface area contributed by atoms with Crippen LogP contribution in [0.2, 0.25) is 0 Å². The molecule has 3 heteroatoms. The minimum Gasteiger partial charge on any atom is -0.330 e. The van der Waals surface area contributed by atoms with Crippen molar-refractivity contribution in [1.82, 2.24) is 4.90 Å². The van der Waals surface area contributed by atoms with Crippen molar-refractivity contribution >= 4 is 11.8 Å². The van der Waals surface area contributed by atoms with Crippen LogP contribution in [0, 0.1) is 0 Å². The van der Waals surface area contributed by atoms with E-state index < -0.39 is 0 Å². The Bertz CT molecular complexity index is 346. The van der Waals surface area contributed by atoms with Crippen molar-refractivity contribution in [1.29, 1.82) is 0 Å². The number of likely N-dealkylation sites (N-methyl/N-ethyl adjacent to an activating group) is 1. The highest BCUT2D eigenvalue weighted by Crippen LogP contribution is 2.18. The molecule has 0 amide bonds. The molecule has 2 nitrogen and oxygen atoms in total. The number of benzene rings is 1. The van der Waals surface area contributed by atoms with Gasteiger partial charge in [0.15, 0.2) is 0 Å². The first-order valence-corrected chi connectivity index (χ1v) is 7.76.